The molecule has 152 valence electrons. The predicted octanol–water partition coefficient (Wildman–Crippen LogP) is 5.79. The van der Waals surface area contributed by atoms with Gasteiger partial charge in [-0.15, -0.1) is 0 Å². The molecule has 3 aromatic rings. The molecule has 0 heterocycles. The Labute approximate surface area is 174 Å². The molecule has 0 aromatic heterocycles. The van der Waals surface area contributed by atoms with E-state index in [-0.39, 0.29) is 0 Å². The summed E-state index contributed by atoms with van der Waals surface area (Å²) >= 11 is 0. The summed E-state index contributed by atoms with van der Waals surface area (Å²) in [6.07, 6.45) is 2.11. The summed E-state index contributed by atoms with van der Waals surface area (Å²) in [6, 6.07) is 27.9. The average Bonchev–Trinajstić information content (AvgIpc) is 2.80. The minimum absolute atomic E-state index is 0.306. The molecule has 0 radical (unpaired) electrons. The fourth-order valence-corrected chi connectivity index (χ4v) is 3.67. The molecule has 1 atom stereocenters. The van der Waals surface area contributed by atoms with Crippen LogP contribution in [0.15, 0.2) is 78.9 Å². The molecule has 3 heteroatoms. The lowest BCUT2D eigenvalue weighted by atomic mass is 9.85. The van der Waals surface area contributed by atoms with Crippen LogP contribution in [0.3, 0.4) is 0 Å². The molecule has 3 nitrogen and oxygen atoms in total. The minimum atomic E-state index is 0.306. The van der Waals surface area contributed by atoms with Crippen molar-refractivity contribution in [2.24, 2.45) is 0 Å². The van der Waals surface area contributed by atoms with Crippen LogP contribution in [0.2, 0.25) is 0 Å². The van der Waals surface area contributed by atoms with Gasteiger partial charge in [-0.2, -0.15) is 0 Å². The summed E-state index contributed by atoms with van der Waals surface area (Å²) in [4.78, 5) is 0. The predicted molar refractivity (Wildman–Crippen MR) is 120 cm³/mol. The van der Waals surface area contributed by atoms with E-state index >= 15 is 0 Å². The molecule has 0 fully saturated rings. The molecule has 0 spiro atoms. The fraction of sp³-hybridized carbons (Fsp3) is 0.308. The number of ether oxygens (including phenoxy) is 2. The van der Waals surface area contributed by atoms with Gasteiger partial charge in [-0.05, 0) is 53.8 Å². The third kappa shape index (κ3) is 5.85. The largest absolute Gasteiger partial charge is 0.497 e. The second kappa shape index (κ2) is 10.7. The zero-order valence-electron chi connectivity index (χ0n) is 17.6. The number of methoxy groups -OCH3 is 2. The second-order valence-corrected chi connectivity index (χ2v) is 7.31. The van der Waals surface area contributed by atoms with Crippen molar-refractivity contribution in [2.75, 3.05) is 14.2 Å². The van der Waals surface area contributed by atoms with Crippen molar-refractivity contribution >= 4 is 0 Å². The van der Waals surface area contributed by atoms with E-state index in [0.717, 1.165) is 30.9 Å². The van der Waals surface area contributed by atoms with Crippen molar-refractivity contribution in [1.82, 2.24) is 5.32 Å². The zero-order chi connectivity index (χ0) is 20.5. The van der Waals surface area contributed by atoms with E-state index in [1.807, 2.05) is 24.3 Å². The highest BCUT2D eigenvalue weighted by atomic mass is 16.5. The Morgan fingerprint density at radius 1 is 0.724 bits per heavy atom. The summed E-state index contributed by atoms with van der Waals surface area (Å²) in [6.45, 7) is 3.14. The van der Waals surface area contributed by atoms with Gasteiger partial charge in [0.25, 0.3) is 0 Å². The molecule has 29 heavy (non-hydrogen) atoms. The van der Waals surface area contributed by atoms with Crippen molar-refractivity contribution in [2.45, 2.75) is 38.3 Å². The summed E-state index contributed by atoms with van der Waals surface area (Å²) in [5, 5.41) is 3.75. The maximum absolute atomic E-state index is 5.35. The van der Waals surface area contributed by atoms with E-state index in [2.05, 4.69) is 66.8 Å². The van der Waals surface area contributed by atoms with E-state index in [4.69, 9.17) is 9.47 Å². The van der Waals surface area contributed by atoms with E-state index in [1.165, 1.54) is 16.7 Å². The van der Waals surface area contributed by atoms with Crippen LogP contribution in [0, 0.1) is 0 Å². The molecule has 1 unspecified atom stereocenters. The molecular weight excluding hydrogens is 358 g/mol. The van der Waals surface area contributed by atoms with Gasteiger partial charge in [0.15, 0.2) is 0 Å². The molecule has 3 aromatic carbocycles. The summed E-state index contributed by atoms with van der Waals surface area (Å²) in [5.74, 6) is 2.08. The Morgan fingerprint density at radius 2 is 1.24 bits per heavy atom. The smallest absolute Gasteiger partial charge is 0.118 e. The molecule has 0 aliphatic heterocycles. The number of nitrogens with one attached hydrogen (secondary N) is 1. The summed E-state index contributed by atoms with van der Waals surface area (Å²) in [7, 11) is 3.41. The van der Waals surface area contributed by atoms with Gasteiger partial charge in [-0.25, -0.2) is 0 Å². The van der Waals surface area contributed by atoms with E-state index in [9.17, 15) is 0 Å². The van der Waals surface area contributed by atoms with Gasteiger partial charge in [0.05, 0.1) is 14.2 Å². The lowest BCUT2D eigenvalue weighted by Gasteiger charge is -2.25. The Morgan fingerprint density at radius 3 is 1.69 bits per heavy atom. The summed E-state index contributed by atoms with van der Waals surface area (Å²) in [5.41, 5.74) is 3.92. The highest BCUT2D eigenvalue weighted by molar-refractivity contribution is 5.38. The van der Waals surface area contributed by atoms with Crippen molar-refractivity contribution in [1.29, 1.82) is 0 Å². The first-order chi connectivity index (χ1) is 14.2. The normalized spacial score (nSPS) is 12.0. The van der Waals surface area contributed by atoms with Crippen LogP contribution in [0.1, 0.15) is 42.4 Å². The molecule has 1 N–H and O–H groups in total. The van der Waals surface area contributed by atoms with Gasteiger partial charge in [0.1, 0.15) is 11.5 Å². The topological polar surface area (TPSA) is 30.5 Å². The molecule has 0 aliphatic carbocycles. The van der Waals surface area contributed by atoms with Crippen LogP contribution >= 0.6 is 0 Å². The monoisotopic (exact) mass is 389 g/mol. The van der Waals surface area contributed by atoms with Crippen LogP contribution < -0.4 is 14.8 Å². The van der Waals surface area contributed by atoms with Crippen LogP contribution in [0.5, 0.6) is 11.5 Å². The van der Waals surface area contributed by atoms with Gasteiger partial charge in [-0.1, -0.05) is 61.5 Å². The lowest BCUT2D eigenvalue weighted by molar-refractivity contribution is 0.413. The number of rotatable bonds is 10. The number of hydrogen-bond donors (Lipinski definition) is 1. The van der Waals surface area contributed by atoms with E-state index in [1.54, 1.807) is 14.2 Å². The molecular formula is C26H31NO2. The van der Waals surface area contributed by atoms with Crippen LogP contribution in [0.25, 0.3) is 0 Å². The lowest BCUT2D eigenvalue weighted by Crippen LogP contribution is -2.30. The summed E-state index contributed by atoms with van der Waals surface area (Å²) < 4.78 is 10.7. The molecule has 0 saturated carbocycles. The first-order valence-electron chi connectivity index (χ1n) is 10.3. The minimum Gasteiger partial charge on any atom is -0.497 e. The Kier molecular flexibility index (Phi) is 7.71. The van der Waals surface area contributed by atoms with E-state index in [0.29, 0.717) is 12.0 Å². The third-order valence-electron chi connectivity index (χ3n) is 5.49. The van der Waals surface area contributed by atoms with Crippen molar-refractivity contribution in [3.05, 3.63) is 95.6 Å². The fourth-order valence-electron chi connectivity index (χ4n) is 3.67. The average molecular weight is 390 g/mol. The maximum atomic E-state index is 5.35. The first kappa shape index (κ1) is 20.9. The van der Waals surface area contributed by atoms with Crippen LogP contribution in [0.4, 0.5) is 0 Å². The van der Waals surface area contributed by atoms with Gasteiger partial charge in [-0.3, -0.25) is 0 Å². The molecule has 3 rings (SSSR count). The molecule has 0 aliphatic rings. The maximum Gasteiger partial charge on any atom is 0.118 e. The van der Waals surface area contributed by atoms with Crippen LogP contribution in [-0.2, 0) is 6.54 Å². The van der Waals surface area contributed by atoms with Crippen LogP contribution in [-0.4, -0.2) is 20.3 Å². The van der Waals surface area contributed by atoms with Crippen molar-refractivity contribution in [3.8, 4) is 11.5 Å². The Hall–Kier alpha value is -2.78. The molecule has 0 bridgehead atoms. The van der Waals surface area contributed by atoms with Gasteiger partial charge in [0, 0.05) is 18.5 Å². The third-order valence-corrected chi connectivity index (χ3v) is 5.49. The SMILES string of the molecule is CCC(CC(c1ccc(OC)cc1)c1ccc(OC)cc1)NCc1ccccc1. The molecule has 0 saturated heterocycles. The highest BCUT2D eigenvalue weighted by Gasteiger charge is 2.19. The quantitative estimate of drug-likeness (QED) is 0.476. The zero-order valence-corrected chi connectivity index (χ0v) is 17.6. The van der Waals surface area contributed by atoms with Gasteiger partial charge in [0.2, 0.25) is 0 Å². The first-order valence-corrected chi connectivity index (χ1v) is 10.3. The highest BCUT2D eigenvalue weighted by Crippen LogP contribution is 2.32. The molecule has 0 amide bonds. The Balaban J connectivity index is 1.80. The number of benzene rings is 3. The standard InChI is InChI=1S/C26H31NO2/c1-4-23(27-19-20-8-6-5-7-9-20)18-26(21-10-14-24(28-2)15-11-21)22-12-16-25(29-3)17-13-22/h5-17,23,26-27H,4,18-19H2,1-3H3. The van der Waals surface area contributed by atoms with Crippen molar-refractivity contribution < 1.29 is 9.47 Å². The number of hydrogen-bond acceptors (Lipinski definition) is 3. The van der Waals surface area contributed by atoms with Gasteiger partial charge < -0.3 is 14.8 Å². The van der Waals surface area contributed by atoms with Gasteiger partial charge >= 0.3 is 0 Å². The second-order valence-electron chi connectivity index (χ2n) is 7.31. The van der Waals surface area contributed by atoms with Crippen molar-refractivity contribution in [3.63, 3.8) is 0 Å². The Bertz CT molecular complexity index is 797. The van der Waals surface area contributed by atoms with E-state index < -0.39 is 0 Å².